The molecule has 1 aromatic heterocycles. The van der Waals surface area contributed by atoms with Gasteiger partial charge in [0.15, 0.2) is 0 Å². The molecule has 172 valence electrons. The van der Waals surface area contributed by atoms with Crippen molar-refractivity contribution in [2.24, 2.45) is 5.92 Å². The second kappa shape index (κ2) is 10.8. The second-order valence-corrected chi connectivity index (χ2v) is 8.97. The third-order valence-electron chi connectivity index (χ3n) is 6.44. The van der Waals surface area contributed by atoms with E-state index in [-0.39, 0.29) is 5.91 Å². The molecule has 0 bridgehead atoms. The van der Waals surface area contributed by atoms with E-state index in [0.29, 0.717) is 32.0 Å². The van der Waals surface area contributed by atoms with Crippen LogP contribution in [0.25, 0.3) is 0 Å². The standard InChI is InChI=1S/C25H35N5O2/c1-3-29-12-11-28(13-14-32-23-9-5-4-8-22(23)15-24(29)31)19-21-16-26-25(27-17-21)30-10-6-7-20(2)18-30/h4-5,8-9,16-17,20H,3,6-7,10-15,18-19H2,1-2H3. The average Bonchev–Trinajstić information content (AvgIpc) is 2.83. The maximum absolute atomic E-state index is 12.8. The van der Waals surface area contributed by atoms with Gasteiger partial charge in [0.05, 0.1) is 6.42 Å². The van der Waals surface area contributed by atoms with E-state index >= 15 is 0 Å². The molecule has 2 aromatic rings. The number of amides is 1. The molecule has 7 nitrogen and oxygen atoms in total. The van der Waals surface area contributed by atoms with Crippen LogP contribution < -0.4 is 9.64 Å². The number of carbonyl (C=O) groups is 1. The normalized spacial score (nSPS) is 20.9. The summed E-state index contributed by atoms with van der Waals surface area (Å²) in [7, 11) is 0. The molecular weight excluding hydrogens is 402 g/mol. The average molecular weight is 438 g/mol. The Morgan fingerprint density at radius 2 is 1.91 bits per heavy atom. The molecule has 0 saturated carbocycles. The molecule has 7 heteroatoms. The van der Waals surface area contributed by atoms with Gasteiger partial charge in [0.2, 0.25) is 11.9 Å². The lowest BCUT2D eigenvalue weighted by atomic mass is 10.0. The molecule has 0 spiro atoms. The van der Waals surface area contributed by atoms with E-state index in [0.717, 1.165) is 55.5 Å². The van der Waals surface area contributed by atoms with Gasteiger partial charge >= 0.3 is 0 Å². The summed E-state index contributed by atoms with van der Waals surface area (Å²) in [6, 6.07) is 7.86. The first-order valence-corrected chi connectivity index (χ1v) is 11.9. The summed E-state index contributed by atoms with van der Waals surface area (Å²) in [4.78, 5) is 28.7. The van der Waals surface area contributed by atoms with Gasteiger partial charge in [0.1, 0.15) is 12.4 Å². The van der Waals surface area contributed by atoms with Gasteiger partial charge in [-0.15, -0.1) is 0 Å². The predicted octanol–water partition coefficient (Wildman–Crippen LogP) is 3.00. The zero-order valence-electron chi connectivity index (χ0n) is 19.4. The lowest BCUT2D eigenvalue weighted by Crippen LogP contribution is -2.40. The Morgan fingerprint density at radius 1 is 1.09 bits per heavy atom. The van der Waals surface area contributed by atoms with Gasteiger partial charge < -0.3 is 14.5 Å². The van der Waals surface area contributed by atoms with E-state index in [1.54, 1.807) is 0 Å². The highest BCUT2D eigenvalue weighted by atomic mass is 16.5. The van der Waals surface area contributed by atoms with Crippen LogP contribution in [0.3, 0.4) is 0 Å². The van der Waals surface area contributed by atoms with Gasteiger partial charge in [-0.25, -0.2) is 9.97 Å². The number of para-hydroxylation sites is 1. The fourth-order valence-corrected chi connectivity index (χ4v) is 4.56. The van der Waals surface area contributed by atoms with E-state index in [1.807, 2.05) is 48.5 Å². The summed E-state index contributed by atoms with van der Waals surface area (Å²) in [6.45, 7) is 10.7. The fourth-order valence-electron chi connectivity index (χ4n) is 4.56. The molecule has 3 heterocycles. The number of ether oxygens (including phenoxy) is 1. The first-order chi connectivity index (χ1) is 15.6. The number of nitrogens with zero attached hydrogens (tertiary/aromatic N) is 5. The zero-order valence-corrected chi connectivity index (χ0v) is 19.4. The van der Waals surface area contributed by atoms with Crippen molar-refractivity contribution in [3.63, 3.8) is 0 Å². The minimum Gasteiger partial charge on any atom is -0.492 e. The number of rotatable bonds is 4. The van der Waals surface area contributed by atoms with Crippen molar-refractivity contribution < 1.29 is 9.53 Å². The van der Waals surface area contributed by atoms with Crippen LogP contribution >= 0.6 is 0 Å². The van der Waals surface area contributed by atoms with Crippen molar-refractivity contribution in [2.75, 3.05) is 50.8 Å². The molecule has 1 fully saturated rings. The van der Waals surface area contributed by atoms with Gasteiger partial charge in [0, 0.05) is 69.3 Å². The van der Waals surface area contributed by atoms with Crippen LogP contribution in [0.4, 0.5) is 5.95 Å². The van der Waals surface area contributed by atoms with Crippen LogP contribution in [0.5, 0.6) is 5.75 Å². The number of aromatic nitrogens is 2. The summed E-state index contributed by atoms with van der Waals surface area (Å²) < 4.78 is 6.06. The zero-order chi connectivity index (χ0) is 22.3. The Balaban J connectivity index is 1.43. The van der Waals surface area contributed by atoms with Crippen molar-refractivity contribution >= 4 is 11.9 Å². The summed E-state index contributed by atoms with van der Waals surface area (Å²) in [5, 5.41) is 0. The highest BCUT2D eigenvalue weighted by Gasteiger charge is 2.20. The fraction of sp³-hybridized carbons (Fsp3) is 0.560. The third kappa shape index (κ3) is 5.76. The smallest absolute Gasteiger partial charge is 0.227 e. The molecule has 2 aliphatic heterocycles. The molecule has 1 atom stereocenters. The van der Waals surface area contributed by atoms with Crippen molar-refractivity contribution in [2.45, 2.75) is 39.7 Å². The van der Waals surface area contributed by atoms with E-state index in [4.69, 9.17) is 4.74 Å². The molecule has 2 aliphatic rings. The number of hydrogen-bond acceptors (Lipinski definition) is 6. The van der Waals surface area contributed by atoms with Gasteiger partial charge in [-0.3, -0.25) is 9.69 Å². The Hall–Kier alpha value is -2.67. The number of fused-ring (bicyclic) bond motifs is 1. The first-order valence-electron chi connectivity index (χ1n) is 11.9. The number of hydrogen-bond donors (Lipinski definition) is 0. The van der Waals surface area contributed by atoms with Gasteiger partial charge in [-0.05, 0) is 31.7 Å². The van der Waals surface area contributed by atoms with Crippen molar-refractivity contribution in [1.29, 1.82) is 0 Å². The predicted molar refractivity (Wildman–Crippen MR) is 126 cm³/mol. The minimum atomic E-state index is 0.147. The molecule has 32 heavy (non-hydrogen) atoms. The Labute approximate surface area is 191 Å². The molecule has 0 aliphatic carbocycles. The molecule has 0 N–H and O–H groups in total. The maximum atomic E-state index is 12.8. The molecule has 0 radical (unpaired) electrons. The number of benzene rings is 1. The molecule has 1 unspecified atom stereocenters. The van der Waals surface area contributed by atoms with E-state index in [2.05, 4.69) is 26.7 Å². The maximum Gasteiger partial charge on any atom is 0.227 e. The van der Waals surface area contributed by atoms with Crippen LogP contribution in [-0.4, -0.2) is 71.6 Å². The first kappa shape index (κ1) is 22.5. The van der Waals surface area contributed by atoms with Gasteiger partial charge in [-0.2, -0.15) is 0 Å². The largest absolute Gasteiger partial charge is 0.492 e. The topological polar surface area (TPSA) is 61.8 Å². The van der Waals surface area contributed by atoms with Crippen molar-refractivity contribution in [1.82, 2.24) is 19.8 Å². The summed E-state index contributed by atoms with van der Waals surface area (Å²) >= 11 is 0. The number of carbonyl (C=O) groups excluding carboxylic acids is 1. The Morgan fingerprint density at radius 3 is 2.69 bits per heavy atom. The molecule has 4 rings (SSSR count). The van der Waals surface area contributed by atoms with Crippen molar-refractivity contribution in [3.05, 3.63) is 47.8 Å². The van der Waals surface area contributed by atoms with Gasteiger partial charge in [0.25, 0.3) is 0 Å². The van der Waals surface area contributed by atoms with Crippen LogP contribution in [0.1, 0.15) is 37.8 Å². The minimum absolute atomic E-state index is 0.147. The van der Waals surface area contributed by atoms with Crippen LogP contribution in [-0.2, 0) is 17.8 Å². The van der Waals surface area contributed by atoms with Crippen LogP contribution in [0, 0.1) is 5.92 Å². The quantitative estimate of drug-likeness (QED) is 0.733. The number of anilines is 1. The molecule has 1 amide bonds. The van der Waals surface area contributed by atoms with E-state index in [1.165, 1.54) is 12.8 Å². The number of likely N-dealkylation sites (N-methyl/N-ethyl adjacent to an activating group) is 1. The number of piperidine rings is 1. The van der Waals surface area contributed by atoms with Crippen LogP contribution in [0.15, 0.2) is 36.7 Å². The lowest BCUT2D eigenvalue weighted by Gasteiger charge is -2.31. The summed E-state index contributed by atoms with van der Waals surface area (Å²) in [5.41, 5.74) is 2.05. The lowest BCUT2D eigenvalue weighted by molar-refractivity contribution is -0.130. The highest BCUT2D eigenvalue weighted by molar-refractivity contribution is 5.79. The van der Waals surface area contributed by atoms with Crippen molar-refractivity contribution in [3.8, 4) is 5.75 Å². The SMILES string of the molecule is CCN1CCN(Cc2cnc(N3CCCC(C)C3)nc2)CCOc2ccccc2CC1=O. The second-order valence-electron chi connectivity index (χ2n) is 8.97. The van der Waals surface area contributed by atoms with Crippen LogP contribution in [0.2, 0.25) is 0 Å². The summed E-state index contributed by atoms with van der Waals surface area (Å²) in [6.07, 6.45) is 6.77. The Bertz CT molecular complexity index is 888. The third-order valence-corrected chi connectivity index (χ3v) is 6.44. The monoisotopic (exact) mass is 437 g/mol. The summed E-state index contributed by atoms with van der Waals surface area (Å²) in [5.74, 6) is 2.48. The van der Waals surface area contributed by atoms with Gasteiger partial charge in [-0.1, -0.05) is 25.1 Å². The Kier molecular flexibility index (Phi) is 7.58. The van der Waals surface area contributed by atoms with E-state index in [9.17, 15) is 4.79 Å². The van der Waals surface area contributed by atoms with E-state index < -0.39 is 0 Å². The molecule has 1 saturated heterocycles. The highest BCUT2D eigenvalue weighted by Crippen LogP contribution is 2.21. The molecular formula is C25H35N5O2. The molecule has 1 aromatic carbocycles.